The summed E-state index contributed by atoms with van der Waals surface area (Å²) in [7, 11) is 1.98. The molecule has 0 saturated carbocycles. The largest absolute Gasteiger partial charge is 0.399 e. The molecule has 0 radical (unpaired) electrons. The quantitative estimate of drug-likeness (QED) is 0.880. The molecule has 2 N–H and O–H groups in total. The molecule has 1 aromatic heterocycles. The van der Waals surface area contributed by atoms with Crippen molar-refractivity contribution in [3.63, 3.8) is 0 Å². The number of nitrogens with two attached hydrogens (primary N) is 1. The van der Waals surface area contributed by atoms with Crippen molar-refractivity contribution >= 4 is 27.3 Å². The van der Waals surface area contributed by atoms with Crippen molar-refractivity contribution in [2.45, 2.75) is 20.4 Å². The molecule has 0 aliphatic heterocycles. The van der Waals surface area contributed by atoms with Gasteiger partial charge in [-0.05, 0) is 54.0 Å². The molecule has 0 amide bonds. The first kappa shape index (κ1) is 13.9. The molecule has 0 fully saturated rings. The van der Waals surface area contributed by atoms with Crippen LogP contribution in [0.25, 0.3) is 0 Å². The zero-order chi connectivity index (χ0) is 14.0. The Morgan fingerprint density at radius 3 is 2.42 bits per heavy atom. The second-order valence-corrected chi connectivity index (χ2v) is 5.37. The minimum atomic E-state index is 0.789. The number of rotatable bonds is 4. The van der Waals surface area contributed by atoms with Crippen LogP contribution < -0.4 is 10.6 Å². The van der Waals surface area contributed by atoms with E-state index in [0.29, 0.717) is 0 Å². The van der Waals surface area contributed by atoms with Crippen LogP contribution in [0.15, 0.2) is 28.7 Å². The second kappa shape index (κ2) is 5.65. The van der Waals surface area contributed by atoms with Crippen molar-refractivity contribution in [1.82, 2.24) is 9.78 Å². The fraction of sp³-hybridized carbons (Fsp3) is 0.357. The Labute approximate surface area is 122 Å². The van der Waals surface area contributed by atoms with Crippen molar-refractivity contribution in [3.8, 4) is 0 Å². The molecular formula is C14H19BrN4. The lowest BCUT2D eigenvalue weighted by Gasteiger charge is -2.23. The second-order valence-electron chi connectivity index (χ2n) is 4.58. The molecule has 0 atom stereocenters. The fourth-order valence-corrected chi connectivity index (χ4v) is 2.56. The van der Waals surface area contributed by atoms with Gasteiger partial charge in [-0.2, -0.15) is 5.10 Å². The number of hydrogen-bond acceptors (Lipinski definition) is 3. The van der Waals surface area contributed by atoms with Gasteiger partial charge in [-0.15, -0.1) is 0 Å². The summed E-state index contributed by atoms with van der Waals surface area (Å²) in [5.41, 5.74) is 9.89. The van der Waals surface area contributed by atoms with Crippen molar-refractivity contribution in [2.75, 3.05) is 17.2 Å². The number of benzene rings is 1. The smallest absolute Gasteiger partial charge is 0.0739 e. The molecule has 19 heavy (non-hydrogen) atoms. The Balaban J connectivity index is 2.26. The van der Waals surface area contributed by atoms with Gasteiger partial charge >= 0.3 is 0 Å². The Hall–Kier alpha value is -1.49. The molecule has 4 nitrogen and oxygen atoms in total. The third-order valence-corrected chi connectivity index (χ3v) is 4.27. The van der Waals surface area contributed by atoms with E-state index in [1.165, 1.54) is 11.4 Å². The van der Waals surface area contributed by atoms with Crippen molar-refractivity contribution in [2.24, 2.45) is 7.05 Å². The number of nitrogen functional groups attached to an aromatic ring is 1. The van der Waals surface area contributed by atoms with Gasteiger partial charge in [0, 0.05) is 25.0 Å². The van der Waals surface area contributed by atoms with E-state index in [0.717, 1.165) is 28.9 Å². The average Bonchev–Trinajstić information content (AvgIpc) is 2.63. The topological polar surface area (TPSA) is 47.1 Å². The number of halogens is 1. The lowest BCUT2D eigenvalue weighted by atomic mass is 10.2. The van der Waals surface area contributed by atoms with Crippen molar-refractivity contribution < 1.29 is 0 Å². The number of aromatic nitrogens is 2. The molecule has 0 aliphatic rings. The Kier molecular flexibility index (Phi) is 4.14. The summed E-state index contributed by atoms with van der Waals surface area (Å²) in [6.07, 6.45) is 0. The van der Waals surface area contributed by atoms with Gasteiger partial charge in [-0.25, -0.2) is 0 Å². The highest BCUT2D eigenvalue weighted by Crippen LogP contribution is 2.24. The maximum absolute atomic E-state index is 5.73. The normalized spacial score (nSPS) is 10.7. The molecule has 0 unspecified atom stereocenters. The third kappa shape index (κ3) is 2.92. The predicted octanol–water partition coefficient (Wildman–Crippen LogP) is 3.10. The van der Waals surface area contributed by atoms with E-state index in [4.69, 9.17) is 5.73 Å². The summed E-state index contributed by atoms with van der Waals surface area (Å²) >= 11 is 3.61. The van der Waals surface area contributed by atoms with E-state index in [-0.39, 0.29) is 0 Å². The van der Waals surface area contributed by atoms with Crippen molar-refractivity contribution in [3.05, 3.63) is 40.1 Å². The minimum Gasteiger partial charge on any atom is -0.399 e. The zero-order valence-electron chi connectivity index (χ0n) is 11.5. The highest BCUT2D eigenvalue weighted by atomic mass is 79.9. The van der Waals surface area contributed by atoms with Crippen molar-refractivity contribution in [1.29, 1.82) is 0 Å². The van der Waals surface area contributed by atoms with Crippen LogP contribution in [0.1, 0.15) is 18.3 Å². The average molecular weight is 323 g/mol. The Bertz CT molecular complexity index is 560. The van der Waals surface area contributed by atoms with Gasteiger partial charge in [-0.1, -0.05) is 0 Å². The predicted molar refractivity (Wildman–Crippen MR) is 83.2 cm³/mol. The third-order valence-electron chi connectivity index (χ3n) is 3.24. The molecule has 5 heteroatoms. The van der Waals surface area contributed by atoms with Crippen LogP contribution in [0.2, 0.25) is 0 Å². The standard InChI is InChI=1S/C14H19BrN4/c1-4-19(12-7-5-11(16)6-8-12)9-13-14(15)10(2)17-18(13)3/h5-8H,4,9,16H2,1-3H3. The van der Waals surface area contributed by atoms with Gasteiger partial charge in [0.1, 0.15) is 0 Å². The van der Waals surface area contributed by atoms with E-state index in [1.54, 1.807) is 0 Å². The molecule has 0 bridgehead atoms. The van der Waals surface area contributed by atoms with Crippen LogP contribution in [0, 0.1) is 6.92 Å². The van der Waals surface area contributed by atoms with Gasteiger partial charge in [0.25, 0.3) is 0 Å². The highest BCUT2D eigenvalue weighted by Gasteiger charge is 2.14. The number of anilines is 2. The summed E-state index contributed by atoms with van der Waals surface area (Å²) in [6, 6.07) is 7.97. The van der Waals surface area contributed by atoms with Gasteiger partial charge in [0.2, 0.25) is 0 Å². The van der Waals surface area contributed by atoms with E-state index in [2.05, 4.69) is 45.0 Å². The van der Waals surface area contributed by atoms with Crippen LogP contribution in [0.5, 0.6) is 0 Å². The molecule has 102 valence electrons. The zero-order valence-corrected chi connectivity index (χ0v) is 13.1. The van der Waals surface area contributed by atoms with E-state index >= 15 is 0 Å². The van der Waals surface area contributed by atoms with E-state index in [1.807, 2.05) is 30.8 Å². The highest BCUT2D eigenvalue weighted by molar-refractivity contribution is 9.10. The van der Waals surface area contributed by atoms with Crippen LogP contribution in [-0.4, -0.2) is 16.3 Å². The first-order chi connectivity index (χ1) is 9.02. The van der Waals surface area contributed by atoms with Crippen LogP contribution in [0.4, 0.5) is 11.4 Å². The molecule has 1 aromatic carbocycles. The molecule has 2 rings (SSSR count). The van der Waals surface area contributed by atoms with Crippen LogP contribution in [0.3, 0.4) is 0 Å². The Morgan fingerprint density at radius 2 is 1.95 bits per heavy atom. The fourth-order valence-electron chi connectivity index (χ4n) is 2.10. The molecule has 0 aliphatic carbocycles. The molecule has 2 aromatic rings. The lowest BCUT2D eigenvalue weighted by molar-refractivity contribution is 0.680. The maximum Gasteiger partial charge on any atom is 0.0739 e. The Morgan fingerprint density at radius 1 is 1.32 bits per heavy atom. The van der Waals surface area contributed by atoms with Gasteiger partial charge in [0.15, 0.2) is 0 Å². The SMILES string of the molecule is CCN(Cc1c(Br)c(C)nn1C)c1ccc(N)cc1. The van der Waals surface area contributed by atoms with E-state index in [9.17, 15) is 0 Å². The van der Waals surface area contributed by atoms with Gasteiger partial charge < -0.3 is 10.6 Å². The number of aryl methyl sites for hydroxylation is 2. The summed E-state index contributed by atoms with van der Waals surface area (Å²) in [5.74, 6) is 0. The summed E-state index contributed by atoms with van der Waals surface area (Å²) < 4.78 is 3.02. The first-order valence-electron chi connectivity index (χ1n) is 6.31. The van der Waals surface area contributed by atoms with Gasteiger partial charge in [-0.3, -0.25) is 4.68 Å². The maximum atomic E-state index is 5.73. The summed E-state index contributed by atoms with van der Waals surface area (Å²) in [6.45, 7) is 5.90. The van der Waals surface area contributed by atoms with Crippen LogP contribution in [-0.2, 0) is 13.6 Å². The molecule has 0 spiro atoms. The summed E-state index contributed by atoms with van der Waals surface area (Å²) in [5, 5.41) is 4.43. The lowest BCUT2D eigenvalue weighted by Crippen LogP contribution is -2.23. The first-order valence-corrected chi connectivity index (χ1v) is 7.10. The van der Waals surface area contributed by atoms with E-state index < -0.39 is 0 Å². The number of nitrogens with zero attached hydrogens (tertiary/aromatic N) is 3. The van der Waals surface area contributed by atoms with Crippen LogP contribution >= 0.6 is 15.9 Å². The monoisotopic (exact) mass is 322 g/mol. The summed E-state index contributed by atoms with van der Waals surface area (Å²) in [4.78, 5) is 2.29. The molecule has 0 saturated heterocycles. The number of hydrogen-bond donors (Lipinski definition) is 1. The molecule has 1 heterocycles. The molecular weight excluding hydrogens is 304 g/mol. The minimum absolute atomic E-state index is 0.789. The van der Waals surface area contributed by atoms with Gasteiger partial charge in [0.05, 0.1) is 22.4 Å².